The zero-order valence-electron chi connectivity index (χ0n) is 25.5. The van der Waals surface area contributed by atoms with E-state index in [1.165, 1.54) is 0 Å². The maximum Gasteiger partial charge on any atom is 0.414 e. The number of nitrogens with one attached hydrogen (secondary N) is 1. The average molecular weight is 679 g/mol. The predicted octanol–water partition coefficient (Wildman–Crippen LogP) is 5.44. The van der Waals surface area contributed by atoms with E-state index in [2.05, 4.69) is 23.7 Å². The van der Waals surface area contributed by atoms with E-state index < -0.39 is 32.7 Å². The topological polar surface area (TPSA) is 190 Å². The highest BCUT2D eigenvalue weighted by atomic mass is 35.5. The summed E-state index contributed by atoms with van der Waals surface area (Å²) < 4.78 is 28.3. The van der Waals surface area contributed by atoms with Gasteiger partial charge in [-0.3, -0.25) is 23.8 Å². The fourth-order valence-corrected chi connectivity index (χ4v) is 7.20. The summed E-state index contributed by atoms with van der Waals surface area (Å²) in [5, 5.41) is 3.10. The van der Waals surface area contributed by atoms with Gasteiger partial charge in [0.25, 0.3) is 0 Å². The molecular formula is C28H45ClN4O9P2. The first-order valence-corrected chi connectivity index (χ1v) is 18.6. The van der Waals surface area contributed by atoms with Crippen molar-refractivity contribution in [3.8, 4) is 0 Å². The largest absolute Gasteiger partial charge is 0.449 e. The van der Waals surface area contributed by atoms with Gasteiger partial charge in [-0.15, -0.1) is 0 Å². The number of carbonyl (C=O) groups excluding carboxylic acids is 2. The van der Waals surface area contributed by atoms with Gasteiger partial charge in [-0.2, -0.15) is 0 Å². The molecule has 1 heterocycles. The van der Waals surface area contributed by atoms with Gasteiger partial charge in [0, 0.05) is 29.1 Å². The van der Waals surface area contributed by atoms with Gasteiger partial charge in [0.2, 0.25) is 11.4 Å². The number of benzene rings is 1. The first kappa shape index (κ1) is 38.1. The molecule has 16 heteroatoms. The number of hydrogen-bond acceptors (Lipinski definition) is 7. The van der Waals surface area contributed by atoms with Crippen molar-refractivity contribution >= 4 is 55.4 Å². The molecule has 2 amide bonds. The number of unbranched alkanes of at least 4 members (excludes halogenated alkanes) is 4. The molecule has 5 N–H and O–H groups in total. The zero-order valence-corrected chi connectivity index (χ0v) is 28.0. The molecule has 2 rings (SSSR count). The van der Waals surface area contributed by atoms with Crippen molar-refractivity contribution in [2.24, 2.45) is 0 Å². The third-order valence-electron chi connectivity index (χ3n) is 7.27. The van der Waals surface area contributed by atoms with Crippen LogP contribution in [0.5, 0.6) is 0 Å². The second-order valence-corrected chi connectivity index (χ2v) is 14.9. The molecule has 0 radical (unpaired) electrons. The lowest BCUT2D eigenvalue weighted by Crippen LogP contribution is -2.40. The van der Waals surface area contributed by atoms with Crippen molar-refractivity contribution in [1.82, 2.24) is 15.2 Å². The standard InChI is InChI=1S/C28H45ClN4O9P2/c1-4-32(5-2)18-11-12-21(3)33(25-16-17-30-24-20-22(29)14-15-23(24)25)28(35)42-19-10-8-6-7-9-13-26(34)31-27(43(36,37)38)44(39,40)41/h14-17,20-21,27H,4-13,18-19H2,1-3H3,(H,31,34)(H2,36,37,38)(H2,39,40,41). The third-order valence-corrected chi connectivity index (χ3v) is 10.8. The van der Waals surface area contributed by atoms with E-state index in [4.69, 9.17) is 35.9 Å². The maximum absolute atomic E-state index is 13.4. The van der Waals surface area contributed by atoms with Crippen LogP contribution in [0, 0.1) is 0 Å². The Morgan fingerprint density at radius 3 is 2.25 bits per heavy atom. The highest BCUT2D eigenvalue weighted by molar-refractivity contribution is 7.70. The Labute approximate surface area is 263 Å². The maximum atomic E-state index is 13.4. The summed E-state index contributed by atoms with van der Waals surface area (Å²) in [5.41, 5.74) is -1.18. The van der Waals surface area contributed by atoms with E-state index in [-0.39, 0.29) is 19.1 Å². The average Bonchev–Trinajstić information content (AvgIpc) is 2.94. The summed E-state index contributed by atoms with van der Waals surface area (Å²) in [5.74, 6) is -0.854. The molecule has 0 spiro atoms. The van der Waals surface area contributed by atoms with Crippen molar-refractivity contribution in [2.75, 3.05) is 31.1 Å². The number of hydrogen-bond donors (Lipinski definition) is 5. The van der Waals surface area contributed by atoms with E-state index in [0.29, 0.717) is 48.3 Å². The van der Waals surface area contributed by atoms with Crippen LogP contribution in [-0.2, 0) is 18.7 Å². The SMILES string of the molecule is CCN(CC)CCCC(C)N(C(=O)OCCCCCCCC(=O)NC(P(=O)(O)O)P(=O)(O)O)c1ccnc2cc(Cl)ccc12. The fourth-order valence-electron chi connectivity index (χ4n) is 4.84. The summed E-state index contributed by atoms with van der Waals surface area (Å²) >= 11 is 6.17. The van der Waals surface area contributed by atoms with Crippen LogP contribution in [0.15, 0.2) is 30.5 Å². The number of carbonyl (C=O) groups is 2. The number of anilines is 1. The van der Waals surface area contributed by atoms with Crippen LogP contribution < -0.4 is 10.2 Å². The number of amides is 2. The smallest absolute Gasteiger partial charge is 0.414 e. The van der Waals surface area contributed by atoms with Gasteiger partial charge >= 0.3 is 21.3 Å². The van der Waals surface area contributed by atoms with E-state index in [0.717, 1.165) is 37.9 Å². The Kier molecular flexibility index (Phi) is 15.7. The van der Waals surface area contributed by atoms with Gasteiger partial charge in [0.1, 0.15) is 0 Å². The Balaban J connectivity index is 1.90. The third kappa shape index (κ3) is 12.4. The fraction of sp³-hybridized carbons (Fsp3) is 0.607. The van der Waals surface area contributed by atoms with Crippen LogP contribution in [0.4, 0.5) is 10.5 Å². The quantitative estimate of drug-likeness (QED) is 0.0940. The Bertz CT molecular complexity index is 1300. The minimum atomic E-state index is -5.23. The molecule has 248 valence electrons. The van der Waals surface area contributed by atoms with Crippen molar-refractivity contribution in [3.05, 3.63) is 35.5 Å². The number of aromatic nitrogens is 1. The molecule has 1 aromatic heterocycles. The Morgan fingerprint density at radius 2 is 1.61 bits per heavy atom. The second-order valence-electron chi connectivity index (χ2n) is 10.6. The minimum Gasteiger partial charge on any atom is -0.449 e. The molecule has 13 nitrogen and oxygen atoms in total. The Hall–Kier alpha value is -2.08. The first-order valence-electron chi connectivity index (χ1n) is 14.8. The van der Waals surface area contributed by atoms with Crippen molar-refractivity contribution < 1.29 is 43.0 Å². The molecule has 44 heavy (non-hydrogen) atoms. The summed E-state index contributed by atoms with van der Waals surface area (Å²) in [4.78, 5) is 70.3. The second kappa shape index (κ2) is 18.2. The van der Waals surface area contributed by atoms with Crippen molar-refractivity contribution in [3.63, 3.8) is 0 Å². The molecule has 1 unspecified atom stereocenters. The molecule has 0 aliphatic carbocycles. The van der Waals surface area contributed by atoms with Gasteiger partial charge in [-0.1, -0.05) is 44.7 Å². The highest BCUT2D eigenvalue weighted by Crippen LogP contribution is 2.58. The van der Waals surface area contributed by atoms with Gasteiger partial charge in [-0.05, 0) is 76.5 Å². The van der Waals surface area contributed by atoms with E-state index in [9.17, 15) is 18.7 Å². The highest BCUT2D eigenvalue weighted by Gasteiger charge is 2.44. The predicted molar refractivity (Wildman–Crippen MR) is 171 cm³/mol. The zero-order chi connectivity index (χ0) is 32.9. The van der Waals surface area contributed by atoms with Crippen LogP contribution in [0.25, 0.3) is 10.9 Å². The lowest BCUT2D eigenvalue weighted by Gasteiger charge is -2.30. The molecule has 1 aromatic carbocycles. The number of pyridine rings is 1. The number of rotatable bonds is 19. The summed E-state index contributed by atoms with van der Waals surface area (Å²) in [6.07, 6.45) is 5.70. The van der Waals surface area contributed by atoms with Gasteiger partial charge in [-0.25, -0.2) is 4.79 Å². The normalized spacial score (nSPS) is 13.0. The van der Waals surface area contributed by atoms with Gasteiger partial charge < -0.3 is 34.5 Å². The molecule has 0 aliphatic heterocycles. The van der Waals surface area contributed by atoms with Crippen LogP contribution in [-0.4, -0.2) is 79.3 Å². The van der Waals surface area contributed by atoms with Crippen molar-refractivity contribution in [1.29, 1.82) is 0 Å². The van der Waals surface area contributed by atoms with E-state index >= 15 is 0 Å². The molecule has 0 saturated heterocycles. The molecule has 0 fully saturated rings. The van der Waals surface area contributed by atoms with E-state index in [1.54, 1.807) is 34.6 Å². The summed E-state index contributed by atoms with van der Waals surface area (Å²) in [6.45, 7) is 9.32. The number of halogens is 1. The van der Waals surface area contributed by atoms with Crippen LogP contribution in [0.2, 0.25) is 5.02 Å². The van der Waals surface area contributed by atoms with Gasteiger partial charge in [0.05, 0.1) is 17.8 Å². The van der Waals surface area contributed by atoms with Crippen LogP contribution in [0.1, 0.15) is 72.1 Å². The first-order chi connectivity index (χ1) is 20.7. The Morgan fingerprint density at radius 1 is 0.977 bits per heavy atom. The lowest BCUT2D eigenvalue weighted by atomic mass is 10.1. The number of ether oxygens (including phenoxy) is 1. The molecule has 2 aromatic rings. The molecule has 0 bridgehead atoms. The lowest BCUT2D eigenvalue weighted by molar-refractivity contribution is -0.121. The molecular weight excluding hydrogens is 634 g/mol. The van der Waals surface area contributed by atoms with Crippen molar-refractivity contribution in [2.45, 2.75) is 83.7 Å². The molecule has 1 atom stereocenters. The molecule has 0 saturated carbocycles. The summed E-state index contributed by atoms with van der Waals surface area (Å²) in [6, 6.07) is 7.03. The summed E-state index contributed by atoms with van der Waals surface area (Å²) in [7, 11) is -10.5. The van der Waals surface area contributed by atoms with Crippen LogP contribution in [0.3, 0.4) is 0 Å². The minimum absolute atomic E-state index is 0.138. The van der Waals surface area contributed by atoms with Gasteiger partial charge in [0.15, 0.2) is 0 Å². The van der Waals surface area contributed by atoms with Crippen LogP contribution >= 0.6 is 26.8 Å². The molecule has 0 aliphatic rings. The number of nitrogens with zero attached hydrogens (tertiary/aromatic N) is 3. The van der Waals surface area contributed by atoms with E-state index in [1.807, 2.05) is 13.0 Å². The number of fused-ring (bicyclic) bond motifs is 1. The monoisotopic (exact) mass is 678 g/mol.